The molecule has 0 spiro atoms. The van der Waals surface area contributed by atoms with Gasteiger partial charge in [-0.05, 0) is 60.8 Å². The molecule has 0 atom stereocenters. The van der Waals surface area contributed by atoms with E-state index in [0.29, 0.717) is 5.56 Å². The standard InChI is InChI=1S/C18H17ClN2S/c19-17-6-5-15-7-9-21-10-8-16(15)18(17)22-12-14-3-1-13(11-20)2-4-14/h1-6,21H,7-10,12H2. The summed E-state index contributed by atoms with van der Waals surface area (Å²) in [6.45, 7) is 2.05. The molecule has 4 heteroatoms. The Labute approximate surface area is 140 Å². The fourth-order valence-electron chi connectivity index (χ4n) is 2.70. The summed E-state index contributed by atoms with van der Waals surface area (Å²) in [6.07, 6.45) is 2.10. The molecule has 0 fully saturated rings. The molecule has 0 bridgehead atoms. The van der Waals surface area contributed by atoms with E-state index in [-0.39, 0.29) is 0 Å². The minimum absolute atomic E-state index is 0.700. The molecule has 0 radical (unpaired) electrons. The summed E-state index contributed by atoms with van der Waals surface area (Å²) < 4.78 is 0. The molecule has 1 aliphatic heterocycles. The smallest absolute Gasteiger partial charge is 0.0991 e. The van der Waals surface area contributed by atoms with E-state index in [9.17, 15) is 0 Å². The van der Waals surface area contributed by atoms with Gasteiger partial charge in [0.15, 0.2) is 0 Å². The van der Waals surface area contributed by atoms with E-state index in [4.69, 9.17) is 16.9 Å². The quantitative estimate of drug-likeness (QED) is 0.858. The van der Waals surface area contributed by atoms with Crippen LogP contribution in [0.1, 0.15) is 22.3 Å². The lowest BCUT2D eigenvalue weighted by molar-refractivity contribution is 0.709. The number of hydrogen-bond acceptors (Lipinski definition) is 3. The number of benzene rings is 2. The van der Waals surface area contributed by atoms with E-state index in [0.717, 1.165) is 36.7 Å². The van der Waals surface area contributed by atoms with E-state index in [1.165, 1.54) is 21.6 Å². The van der Waals surface area contributed by atoms with Crippen LogP contribution in [-0.4, -0.2) is 13.1 Å². The van der Waals surface area contributed by atoms with E-state index in [1.807, 2.05) is 30.3 Å². The maximum Gasteiger partial charge on any atom is 0.0991 e. The maximum absolute atomic E-state index is 8.85. The molecule has 2 aromatic rings. The Morgan fingerprint density at radius 2 is 1.86 bits per heavy atom. The van der Waals surface area contributed by atoms with E-state index in [1.54, 1.807) is 11.8 Å². The van der Waals surface area contributed by atoms with Gasteiger partial charge in [0.05, 0.1) is 16.7 Å². The fraction of sp³-hybridized carbons (Fsp3) is 0.278. The van der Waals surface area contributed by atoms with Crippen LogP contribution in [0, 0.1) is 11.3 Å². The first-order chi connectivity index (χ1) is 10.8. The zero-order chi connectivity index (χ0) is 15.4. The normalized spacial score (nSPS) is 14.0. The summed E-state index contributed by atoms with van der Waals surface area (Å²) in [5.74, 6) is 0.870. The molecule has 2 aromatic carbocycles. The zero-order valence-corrected chi connectivity index (χ0v) is 13.8. The second-order valence-corrected chi connectivity index (χ2v) is 6.75. The summed E-state index contributed by atoms with van der Waals surface area (Å²) in [7, 11) is 0. The van der Waals surface area contributed by atoms with Crippen LogP contribution in [0.5, 0.6) is 0 Å². The summed E-state index contributed by atoms with van der Waals surface area (Å²) in [5.41, 5.74) is 4.73. The Kier molecular flexibility index (Phi) is 5.04. The van der Waals surface area contributed by atoms with Gasteiger partial charge in [-0.25, -0.2) is 0 Å². The molecule has 0 amide bonds. The number of hydrogen-bond donors (Lipinski definition) is 1. The lowest BCUT2D eigenvalue weighted by Gasteiger charge is -2.14. The summed E-state index contributed by atoms with van der Waals surface area (Å²) in [6, 6.07) is 14.1. The van der Waals surface area contributed by atoms with Crippen LogP contribution < -0.4 is 5.32 Å². The SMILES string of the molecule is N#Cc1ccc(CSc2c(Cl)ccc3c2CCNCC3)cc1. The van der Waals surface area contributed by atoms with Crippen molar-refractivity contribution in [1.82, 2.24) is 5.32 Å². The topological polar surface area (TPSA) is 35.8 Å². The van der Waals surface area contributed by atoms with Crippen molar-refractivity contribution in [3.63, 3.8) is 0 Å². The van der Waals surface area contributed by atoms with Crippen LogP contribution in [0.2, 0.25) is 5.02 Å². The van der Waals surface area contributed by atoms with Crippen molar-refractivity contribution in [3.8, 4) is 6.07 Å². The van der Waals surface area contributed by atoms with Crippen LogP contribution in [0.3, 0.4) is 0 Å². The lowest BCUT2D eigenvalue weighted by Crippen LogP contribution is -2.16. The highest BCUT2D eigenvalue weighted by Crippen LogP contribution is 2.35. The van der Waals surface area contributed by atoms with Gasteiger partial charge in [0.1, 0.15) is 0 Å². The maximum atomic E-state index is 8.85. The Hall–Kier alpha value is -1.47. The number of rotatable bonds is 3. The highest BCUT2D eigenvalue weighted by atomic mass is 35.5. The summed E-state index contributed by atoms with van der Waals surface area (Å²) in [4.78, 5) is 1.22. The molecule has 0 unspecified atom stereocenters. The zero-order valence-electron chi connectivity index (χ0n) is 12.2. The fourth-order valence-corrected chi connectivity index (χ4v) is 4.15. The van der Waals surface area contributed by atoms with E-state index < -0.39 is 0 Å². The average molecular weight is 329 g/mol. The van der Waals surface area contributed by atoms with Gasteiger partial charge in [-0.3, -0.25) is 0 Å². The van der Waals surface area contributed by atoms with Crippen molar-refractivity contribution in [2.45, 2.75) is 23.5 Å². The first kappa shape index (κ1) is 15.4. The first-order valence-corrected chi connectivity index (χ1v) is 8.77. The molecule has 0 aromatic heterocycles. The van der Waals surface area contributed by atoms with Crippen LogP contribution in [0.15, 0.2) is 41.3 Å². The molecule has 1 heterocycles. The molecule has 22 heavy (non-hydrogen) atoms. The molecule has 1 N–H and O–H groups in total. The third-order valence-corrected chi connectivity index (χ3v) is 5.56. The molecule has 0 aliphatic carbocycles. The van der Waals surface area contributed by atoms with Crippen molar-refractivity contribution in [3.05, 3.63) is 63.7 Å². The summed E-state index contributed by atoms with van der Waals surface area (Å²) in [5, 5.41) is 13.1. The van der Waals surface area contributed by atoms with Crippen LogP contribution in [0.4, 0.5) is 0 Å². The van der Waals surface area contributed by atoms with Crippen LogP contribution >= 0.6 is 23.4 Å². The van der Waals surface area contributed by atoms with Crippen LogP contribution in [0.25, 0.3) is 0 Å². The number of nitrogens with zero attached hydrogens (tertiary/aromatic N) is 1. The van der Waals surface area contributed by atoms with Gasteiger partial charge < -0.3 is 5.32 Å². The van der Waals surface area contributed by atoms with Gasteiger partial charge >= 0.3 is 0 Å². The largest absolute Gasteiger partial charge is 0.316 e. The van der Waals surface area contributed by atoms with Crippen molar-refractivity contribution in [2.75, 3.05) is 13.1 Å². The van der Waals surface area contributed by atoms with Crippen molar-refractivity contribution >= 4 is 23.4 Å². The van der Waals surface area contributed by atoms with Gasteiger partial charge in [-0.1, -0.05) is 29.8 Å². The second-order valence-electron chi connectivity index (χ2n) is 5.36. The van der Waals surface area contributed by atoms with Gasteiger partial charge in [-0.2, -0.15) is 5.26 Å². The Balaban J connectivity index is 1.81. The van der Waals surface area contributed by atoms with Crippen molar-refractivity contribution < 1.29 is 0 Å². The molecular formula is C18H17ClN2S. The third kappa shape index (κ3) is 3.47. The number of nitriles is 1. The van der Waals surface area contributed by atoms with Crippen molar-refractivity contribution in [1.29, 1.82) is 5.26 Å². The van der Waals surface area contributed by atoms with Crippen molar-refractivity contribution in [2.24, 2.45) is 0 Å². The van der Waals surface area contributed by atoms with E-state index in [2.05, 4.69) is 17.5 Å². The molecule has 3 rings (SSSR count). The Morgan fingerprint density at radius 1 is 1.09 bits per heavy atom. The highest BCUT2D eigenvalue weighted by Gasteiger charge is 2.15. The number of halogens is 1. The predicted molar refractivity (Wildman–Crippen MR) is 92.4 cm³/mol. The Morgan fingerprint density at radius 3 is 2.64 bits per heavy atom. The molecule has 112 valence electrons. The minimum atomic E-state index is 0.700. The first-order valence-electron chi connectivity index (χ1n) is 7.41. The molecule has 0 saturated carbocycles. The second kappa shape index (κ2) is 7.19. The average Bonchev–Trinajstić information content (AvgIpc) is 2.80. The van der Waals surface area contributed by atoms with E-state index >= 15 is 0 Å². The highest BCUT2D eigenvalue weighted by molar-refractivity contribution is 7.98. The van der Waals surface area contributed by atoms with Gasteiger partial charge in [0.2, 0.25) is 0 Å². The number of fused-ring (bicyclic) bond motifs is 1. The van der Waals surface area contributed by atoms with Gasteiger partial charge in [0, 0.05) is 10.6 Å². The summed E-state index contributed by atoms with van der Waals surface area (Å²) >= 11 is 8.24. The molecule has 0 saturated heterocycles. The third-order valence-electron chi connectivity index (χ3n) is 3.90. The van der Waals surface area contributed by atoms with Gasteiger partial charge in [0.25, 0.3) is 0 Å². The molecule has 1 aliphatic rings. The minimum Gasteiger partial charge on any atom is -0.316 e. The Bertz CT molecular complexity index is 704. The van der Waals surface area contributed by atoms with Gasteiger partial charge in [-0.15, -0.1) is 11.8 Å². The molecule has 2 nitrogen and oxygen atoms in total. The van der Waals surface area contributed by atoms with Crippen LogP contribution in [-0.2, 0) is 18.6 Å². The lowest BCUT2D eigenvalue weighted by atomic mass is 10.0. The monoisotopic (exact) mass is 328 g/mol. The number of nitrogens with one attached hydrogen (secondary N) is 1. The number of thioether (sulfide) groups is 1. The molecular weight excluding hydrogens is 312 g/mol. The predicted octanol–water partition coefficient (Wildman–Crippen LogP) is 4.19.